The highest BCUT2D eigenvalue weighted by molar-refractivity contribution is 5.71. The average molecular weight is 322 g/mol. The number of aromatic nitrogens is 3. The van der Waals surface area contributed by atoms with Crippen LogP contribution in [0.5, 0.6) is 0 Å². The molecule has 0 bridgehead atoms. The van der Waals surface area contributed by atoms with Gasteiger partial charge in [-0.05, 0) is 44.7 Å². The van der Waals surface area contributed by atoms with Crippen molar-refractivity contribution in [2.75, 3.05) is 26.3 Å². The van der Waals surface area contributed by atoms with Gasteiger partial charge in [-0.2, -0.15) is 0 Å². The summed E-state index contributed by atoms with van der Waals surface area (Å²) in [6, 6.07) is 0.169. The van der Waals surface area contributed by atoms with E-state index in [2.05, 4.69) is 20.5 Å². The number of rotatable bonds is 5. The third kappa shape index (κ3) is 4.65. The molecule has 8 nitrogen and oxygen atoms in total. The molecule has 1 aromatic rings. The van der Waals surface area contributed by atoms with Gasteiger partial charge < -0.3 is 20.7 Å². The number of nitrogens with one attached hydrogen (secondary N) is 1. The van der Waals surface area contributed by atoms with E-state index in [1.54, 1.807) is 0 Å². The van der Waals surface area contributed by atoms with Crippen LogP contribution < -0.4 is 11.1 Å². The van der Waals surface area contributed by atoms with E-state index in [4.69, 9.17) is 10.5 Å². The van der Waals surface area contributed by atoms with Gasteiger partial charge in [0.25, 0.3) is 0 Å². The van der Waals surface area contributed by atoms with Crippen molar-refractivity contribution >= 4 is 6.03 Å². The molecule has 2 fully saturated rings. The Labute approximate surface area is 136 Å². The number of likely N-dealkylation sites (tertiary alicyclic amines) is 1. The largest absolute Gasteiger partial charge is 0.381 e. The van der Waals surface area contributed by atoms with Crippen LogP contribution >= 0.6 is 0 Å². The Morgan fingerprint density at radius 1 is 1.30 bits per heavy atom. The zero-order valence-electron chi connectivity index (χ0n) is 13.5. The number of ether oxygens (including phenoxy) is 1. The summed E-state index contributed by atoms with van der Waals surface area (Å²) in [5.41, 5.74) is 5.79. The van der Waals surface area contributed by atoms with Crippen LogP contribution in [0.4, 0.5) is 4.79 Å². The number of carbonyl (C=O) groups is 1. The van der Waals surface area contributed by atoms with Crippen LogP contribution in [0.1, 0.15) is 31.4 Å². The van der Waals surface area contributed by atoms with Gasteiger partial charge in [0.05, 0.1) is 12.7 Å². The van der Waals surface area contributed by atoms with E-state index in [1.165, 1.54) is 38.8 Å². The Hall–Kier alpha value is -1.67. The minimum Gasteiger partial charge on any atom is -0.381 e. The molecule has 0 radical (unpaired) electrons. The molecule has 0 spiro atoms. The van der Waals surface area contributed by atoms with Crippen molar-refractivity contribution in [3.8, 4) is 0 Å². The molecule has 3 rings (SSSR count). The molecule has 3 N–H and O–H groups in total. The molecule has 3 heterocycles. The molecule has 1 aromatic heterocycles. The summed E-state index contributed by atoms with van der Waals surface area (Å²) in [6.45, 7) is 5.38. The molecule has 0 aromatic carbocycles. The SMILES string of the molecule is NC(=O)NCc1cn(CC2CCN(C3CCOCC3)CC2)nn1. The van der Waals surface area contributed by atoms with Crippen LogP contribution in [0.15, 0.2) is 6.20 Å². The lowest BCUT2D eigenvalue weighted by atomic mass is 9.94. The summed E-state index contributed by atoms with van der Waals surface area (Å²) in [5, 5.41) is 10.7. The Morgan fingerprint density at radius 2 is 2.04 bits per heavy atom. The van der Waals surface area contributed by atoms with Crippen LogP contribution in [0.2, 0.25) is 0 Å². The lowest BCUT2D eigenvalue weighted by Crippen LogP contribution is -2.44. The Balaban J connectivity index is 1.42. The number of carbonyl (C=O) groups excluding carboxylic acids is 1. The number of primary amides is 1. The fraction of sp³-hybridized carbons (Fsp3) is 0.800. The quantitative estimate of drug-likeness (QED) is 0.814. The maximum Gasteiger partial charge on any atom is 0.312 e. The van der Waals surface area contributed by atoms with E-state index in [-0.39, 0.29) is 0 Å². The first-order chi connectivity index (χ1) is 11.2. The van der Waals surface area contributed by atoms with Gasteiger partial charge in [-0.15, -0.1) is 5.10 Å². The number of hydrogen-bond donors (Lipinski definition) is 2. The topological polar surface area (TPSA) is 98.3 Å². The Kier molecular flexibility index (Phi) is 5.45. The maximum atomic E-state index is 10.7. The van der Waals surface area contributed by atoms with Gasteiger partial charge in [0, 0.05) is 25.8 Å². The van der Waals surface area contributed by atoms with Crippen molar-refractivity contribution in [1.29, 1.82) is 0 Å². The average Bonchev–Trinajstić information content (AvgIpc) is 3.02. The van der Waals surface area contributed by atoms with Gasteiger partial charge in [0.15, 0.2) is 0 Å². The number of amides is 2. The molecule has 128 valence electrons. The van der Waals surface area contributed by atoms with Crippen LogP contribution in [-0.2, 0) is 17.8 Å². The third-order valence-electron chi connectivity index (χ3n) is 4.83. The molecule has 2 amide bonds. The van der Waals surface area contributed by atoms with Gasteiger partial charge in [-0.1, -0.05) is 5.21 Å². The summed E-state index contributed by atoms with van der Waals surface area (Å²) in [4.78, 5) is 13.3. The number of piperidine rings is 1. The maximum absolute atomic E-state index is 10.7. The Morgan fingerprint density at radius 3 is 2.74 bits per heavy atom. The second-order valence-electron chi connectivity index (χ2n) is 6.47. The van der Waals surface area contributed by atoms with E-state index >= 15 is 0 Å². The lowest BCUT2D eigenvalue weighted by molar-refractivity contribution is 0.0197. The first kappa shape index (κ1) is 16.2. The highest BCUT2D eigenvalue weighted by Crippen LogP contribution is 2.24. The standard InChI is InChI=1S/C15H26N6O2/c16-15(22)17-9-13-11-21(19-18-13)10-12-1-5-20(6-2-12)14-3-7-23-8-4-14/h11-12,14H,1-10H2,(H3,16,17,22). The van der Waals surface area contributed by atoms with Gasteiger partial charge in [-0.3, -0.25) is 4.68 Å². The van der Waals surface area contributed by atoms with Crippen molar-refractivity contribution < 1.29 is 9.53 Å². The molecule has 8 heteroatoms. The van der Waals surface area contributed by atoms with Crippen LogP contribution in [0, 0.1) is 5.92 Å². The number of hydrogen-bond acceptors (Lipinski definition) is 5. The first-order valence-electron chi connectivity index (χ1n) is 8.45. The normalized spacial score (nSPS) is 21.4. The van der Waals surface area contributed by atoms with E-state index < -0.39 is 6.03 Å². The number of nitrogens with two attached hydrogens (primary N) is 1. The third-order valence-corrected chi connectivity index (χ3v) is 4.83. The van der Waals surface area contributed by atoms with E-state index in [0.29, 0.717) is 18.5 Å². The summed E-state index contributed by atoms with van der Waals surface area (Å²) in [7, 11) is 0. The fourth-order valence-corrected chi connectivity index (χ4v) is 3.50. The lowest BCUT2D eigenvalue weighted by Gasteiger charge is -2.39. The number of nitrogens with zero attached hydrogens (tertiary/aromatic N) is 4. The second kappa shape index (κ2) is 7.74. The highest BCUT2D eigenvalue weighted by atomic mass is 16.5. The first-order valence-corrected chi connectivity index (χ1v) is 8.45. The number of urea groups is 1. The monoisotopic (exact) mass is 322 g/mol. The van der Waals surface area contributed by atoms with Gasteiger partial charge in [0.2, 0.25) is 0 Å². The fourth-order valence-electron chi connectivity index (χ4n) is 3.50. The van der Waals surface area contributed by atoms with E-state index in [0.717, 1.165) is 25.5 Å². The molecule has 0 atom stereocenters. The molecule has 0 saturated carbocycles. The molecule has 2 aliphatic heterocycles. The molecule has 0 unspecified atom stereocenters. The summed E-state index contributed by atoms with van der Waals surface area (Å²) >= 11 is 0. The van der Waals surface area contributed by atoms with E-state index in [1.807, 2.05) is 10.9 Å². The smallest absolute Gasteiger partial charge is 0.312 e. The zero-order valence-corrected chi connectivity index (χ0v) is 13.5. The molecule has 0 aliphatic carbocycles. The minimum absolute atomic E-state index is 0.331. The van der Waals surface area contributed by atoms with E-state index in [9.17, 15) is 4.79 Å². The van der Waals surface area contributed by atoms with Crippen molar-refractivity contribution in [2.45, 2.75) is 44.8 Å². The summed E-state index contributed by atoms with van der Waals surface area (Å²) in [5.74, 6) is 0.643. The van der Waals surface area contributed by atoms with Crippen LogP contribution in [0.3, 0.4) is 0 Å². The van der Waals surface area contributed by atoms with Crippen molar-refractivity contribution in [1.82, 2.24) is 25.2 Å². The minimum atomic E-state index is -0.542. The predicted octanol–water partition coefficient (Wildman–Crippen LogP) is 0.337. The molecule has 2 saturated heterocycles. The molecule has 23 heavy (non-hydrogen) atoms. The van der Waals surface area contributed by atoms with Gasteiger partial charge in [-0.25, -0.2) is 4.79 Å². The zero-order chi connectivity index (χ0) is 16.1. The van der Waals surface area contributed by atoms with Crippen LogP contribution in [0.25, 0.3) is 0 Å². The van der Waals surface area contributed by atoms with Crippen molar-refractivity contribution in [2.24, 2.45) is 11.7 Å². The molecular weight excluding hydrogens is 296 g/mol. The van der Waals surface area contributed by atoms with Gasteiger partial charge in [0.1, 0.15) is 5.69 Å². The molecular formula is C15H26N6O2. The highest BCUT2D eigenvalue weighted by Gasteiger charge is 2.26. The predicted molar refractivity (Wildman–Crippen MR) is 84.6 cm³/mol. The van der Waals surface area contributed by atoms with Crippen LogP contribution in [-0.4, -0.2) is 58.3 Å². The second-order valence-corrected chi connectivity index (χ2v) is 6.47. The van der Waals surface area contributed by atoms with Crippen molar-refractivity contribution in [3.05, 3.63) is 11.9 Å². The Bertz CT molecular complexity index is 506. The van der Waals surface area contributed by atoms with Crippen molar-refractivity contribution in [3.63, 3.8) is 0 Å². The molecule has 2 aliphatic rings. The van der Waals surface area contributed by atoms with Gasteiger partial charge >= 0.3 is 6.03 Å². The summed E-state index contributed by atoms with van der Waals surface area (Å²) in [6.07, 6.45) is 6.63. The summed E-state index contributed by atoms with van der Waals surface area (Å²) < 4.78 is 7.33.